The van der Waals surface area contributed by atoms with E-state index in [1.165, 1.54) is 24.3 Å². The topological polar surface area (TPSA) is 288 Å². The predicted octanol–water partition coefficient (Wildman–Crippen LogP) is 3.93. The average molecular weight is 1010 g/mol. The van der Waals surface area contributed by atoms with Gasteiger partial charge in [-0.1, -0.05) is 25.5 Å². The van der Waals surface area contributed by atoms with Crippen LogP contribution in [0.2, 0.25) is 0 Å². The third kappa shape index (κ3) is 10.4. The molecule has 72 heavy (non-hydrogen) atoms. The van der Waals surface area contributed by atoms with E-state index in [1.807, 2.05) is 18.2 Å². The van der Waals surface area contributed by atoms with E-state index >= 15 is 0 Å². The molecule has 9 rings (SSSR count). The number of aromatic amines is 1. The summed E-state index contributed by atoms with van der Waals surface area (Å²) in [6.07, 6.45) is 10.5. The number of nitrogens with two attached hydrogens (primary N) is 1. The summed E-state index contributed by atoms with van der Waals surface area (Å²) in [5, 5.41) is 9.17. The van der Waals surface area contributed by atoms with E-state index in [1.54, 1.807) is 26.0 Å². The smallest absolute Gasteiger partial charge is 0.370 e. The fourth-order valence-corrected chi connectivity index (χ4v) is 12.6. The number of hydrogen-bond donors (Lipinski definition) is 7. The standard InChI is InChI=1S/C51H64N9O11P/c1-29-5-14-40(46(64)53-29)60-39-15-10-32(24-42(39)57(2)50(60)68)23-30-6-8-31(9-7-30)25-44(62)58-22-18-35-12-16-41(47(65)56-51(19-3-4-20-51)21-17-43(52)61)59(35)48(66)38(28-58)55-45(63)37-27-34-26-33(11-13-36(34)54-37)49(67)72(69,70)71/h10-11,13,15,24,26-27,30-31,35,38,40-41,54H,1,3-9,12,14,16-23,25,28H2,2H3,(H2,52,61)(H,53,64)(H,55,63)(H,56,65)(H2,69,70,71)/t30-,31+,35-,38+,40?,41+/m1/s1. The number of carbonyl (C=O) groups excluding carboxylic acids is 7. The van der Waals surface area contributed by atoms with Crippen LogP contribution in [0.1, 0.15) is 135 Å². The van der Waals surface area contributed by atoms with E-state index in [9.17, 15) is 52.7 Å². The number of rotatable bonds is 14. The molecule has 384 valence electrons. The number of hydrogen-bond acceptors (Lipinski definition) is 9. The van der Waals surface area contributed by atoms with Gasteiger partial charge in [-0.3, -0.25) is 47.3 Å². The molecule has 2 aromatic heterocycles. The molecule has 5 fully saturated rings. The van der Waals surface area contributed by atoms with Gasteiger partial charge >= 0.3 is 13.3 Å². The minimum atomic E-state index is -5.08. The van der Waals surface area contributed by atoms with Crippen LogP contribution in [-0.4, -0.2) is 111 Å². The fraction of sp³-hybridized carbons (Fsp3) is 0.529. The van der Waals surface area contributed by atoms with Crippen molar-refractivity contribution in [3.8, 4) is 0 Å². The molecule has 5 heterocycles. The summed E-state index contributed by atoms with van der Waals surface area (Å²) in [5.41, 5.74) is 6.64. The van der Waals surface area contributed by atoms with Crippen molar-refractivity contribution in [2.24, 2.45) is 24.6 Å². The number of carbonyl (C=O) groups is 7. The van der Waals surface area contributed by atoms with E-state index in [4.69, 9.17) is 5.73 Å². The molecule has 0 radical (unpaired) electrons. The number of amides is 6. The Morgan fingerprint density at radius 3 is 2.35 bits per heavy atom. The molecular weight excluding hydrogens is 946 g/mol. The van der Waals surface area contributed by atoms with Crippen LogP contribution < -0.4 is 27.4 Å². The lowest BCUT2D eigenvalue weighted by molar-refractivity contribution is -0.146. The van der Waals surface area contributed by atoms with Crippen LogP contribution in [0.3, 0.4) is 0 Å². The predicted molar refractivity (Wildman–Crippen MR) is 265 cm³/mol. The van der Waals surface area contributed by atoms with Crippen LogP contribution in [0.25, 0.3) is 21.9 Å². The molecule has 0 bridgehead atoms. The van der Waals surface area contributed by atoms with Crippen molar-refractivity contribution < 1.29 is 47.9 Å². The van der Waals surface area contributed by atoms with Crippen LogP contribution >= 0.6 is 7.60 Å². The van der Waals surface area contributed by atoms with Crippen molar-refractivity contribution >= 4 is 70.5 Å². The first-order valence-electron chi connectivity index (χ1n) is 25.2. The second kappa shape index (κ2) is 20.3. The molecule has 2 aromatic carbocycles. The summed E-state index contributed by atoms with van der Waals surface area (Å²) in [5.74, 6) is -1.91. The number of aromatic nitrogens is 3. The van der Waals surface area contributed by atoms with Gasteiger partial charge in [-0.25, -0.2) is 4.79 Å². The second-order valence-electron chi connectivity index (χ2n) is 20.9. The molecule has 4 atom stereocenters. The van der Waals surface area contributed by atoms with Gasteiger partial charge in [0.1, 0.15) is 23.8 Å². The first-order chi connectivity index (χ1) is 34.3. The first kappa shape index (κ1) is 50.6. The minimum Gasteiger partial charge on any atom is -0.370 e. The molecule has 5 aliphatic rings. The number of piperidine rings is 1. The van der Waals surface area contributed by atoms with Gasteiger partial charge in [0.2, 0.25) is 29.5 Å². The lowest BCUT2D eigenvalue weighted by Gasteiger charge is -2.40. The summed E-state index contributed by atoms with van der Waals surface area (Å²) >= 11 is 0. The van der Waals surface area contributed by atoms with Crippen molar-refractivity contribution in [1.82, 2.24) is 39.9 Å². The lowest BCUT2D eigenvalue weighted by Crippen LogP contribution is -2.62. The monoisotopic (exact) mass is 1010 g/mol. The third-order valence-corrected chi connectivity index (χ3v) is 16.9. The number of primary amides is 1. The van der Waals surface area contributed by atoms with Gasteiger partial charge in [0.15, 0.2) is 0 Å². The molecule has 6 amide bonds. The maximum absolute atomic E-state index is 14.9. The maximum atomic E-state index is 14.9. The van der Waals surface area contributed by atoms with Gasteiger partial charge in [-0.05, 0) is 137 Å². The molecule has 2 saturated carbocycles. The summed E-state index contributed by atoms with van der Waals surface area (Å²) in [7, 11) is -3.36. The van der Waals surface area contributed by atoms with E-state index in [0.717, 1.165) is 56.0 Å². The highest BCUT2D eigenvalue weighted by molar-refractivity contribution is 7.70. The minimum absolute atomic E-state index is 0.00271. The van der Waals surface area contributed by atoms with E-state index < -0.39 is 60.5 Å². The molecule has 8 N–H and O–H groups in total. The second-order valence-corrected chi connectivity index (χ2v) is 22.4. The molecule has 3 aliphatic heterocycles. The van der Waals surface area contributed by atoms with E-state index in [0.29, 0.717) is 85.9 Å². The quantitative estimate of drug-likeness (QED) is 0.0889. The van der Waals surface area contributed by atoms with Crippen LogP contribution in [0, 0.1) is 11.8 Å². The first-order valence-corrected chi connectivity index (χ1v) is 26.8. The summed E-state index contributed by atoms with van der Waals surface area (Å²) in [6.45, 7) is 4.01. The molecule has 21 heteroatoms. The SMILES string of the molecule is C=C1CCC(n2c(=O)n(C)c3cc(C[C@H]4CC[C@@H](CC(=O)N5CC[C@H]6CC[C@@H](C(=O)NC7(CCC(N)=O)CCCC7)N6C(=O)[C@@H](NC(=O)c6cc7cc(C(=O)P(=O)(O)O)ccc7[nH]6)C5)CC4)ccc32)C(=O)N1. The van der Waals surface area contributed by atoms with E-state index in [-0.39, 0.29) is 60.0 Å². The zero-order valence-corrected chi connectivity index (χ0v) is 41.4. The molecule has 4 aromatic rings. The average Bonchev–Trinajstić information content (AvgIpc) is 4.14. The van der Waals surface area contributed by atoms with Crippen molar-refractivity contribution in [1.29, 1.82) is 0 Å². The number of benzene rings is 2. The van der Waals surface area contributed by atoms with Crippen LogP contribution in [0.5, 0.6) is 0 Å². The number of aryl methyl sites for hydroxylation is 1. The fourth-order valence-electron chi connectivity index (χ4n) is 12.1. The molecule has 3 saturated heterocycles. The Morgan fingerprint density at radius 1 is 0.903 bits per heavy atom. The van der Waals surface area contributed by atoms with Gasteiger partial charge in [0, 0.05) is 66.7 Å². The van der Waals surface area contributed by atoms with Gasteiger partial charge in [0.25, 0.3) is 11.4 Å². The van der Waals surface area contributed by atoms with Gasteiger partial charge in [-0.15, -0.1) is 0 Å². The lowest BCUT2D eigenvalue weighted by atomic mass is 9.78. The number of nitrogens with zero attached hydrogens (tertiary/aromatic N) is 4. The maximum Gasteiger partial charge on any atom is 0.396 e. The molecular formula is C51H64N9O11P. The molecule has 20 nitrogen and oxygen atoms in total. The van der Waals surface area contributed by atoms with Crippen molar-refractivity contribution in [3.63, 3.8) is 0 Å². The van der Waals surface area contributed by atoms with Gasteiger partial charge in [0.05, 0.1) is 11.0 Å². The van der Waals surface area contributed by atoms with Crippen LogP contribution in [-0.2, 0) is 42.0 Å². The number of allylic oxidation sites excluding steroid dienone is 1. The molecule has 1 unspecified atom stereocenters. The van der Waals surface area contributed by atoms with Gasteiger partial charge < -0.3 is 46.3 Å². The molecule has 2 aliphatic carbocycles. The summed E-state index contributed by atoms with van der Waals surface area (Å²) < 4.78 is 14.9. The summed E-state index contributed by atoms with van der Waals surface area (Å²) in [6, 6.07) is 8.21. The van der Waals surface area contributed by atoms with Gasteiger partial charge in [-0.2, -0.15) is 0 Å². The third-order valence-electron chi connectivity index (χ3n) is 16.1. The number of nitrogens with one attached hydrogen (secondary N) is 4. The Labute approximate surface area is 415 Å². The number of imidazole rings is 1. The Hall–Kier alpha value is -6.37. The Morgan fingerprint density at radius 2 is 1.64 bits per heavy atom. The van der Waals surface area contributed by atoms with Crippen molar-refractivity contribution in [2.45, 2.75) is 139 Å². The largest absolute Gasteiger partial charge is 0.396 e. The highest BCUT2D eigenvalue weighted by atomic mass is 31.2. The number of H-pyrrole nitrogens is 1. The molecule has 0 spiro atoms. The van der Waals surface area contributed by atoms with Crippen molar-refractivity contribution in [3.05, 3.63) is 82.0 Å². The Kier molecular flexibility index (Phi) is 14.2. The van der Waals surface area contributed by atoms with E-state index in [2.05, 4.69) is 27.5 Å². The number of fused-ring (bicyclic) bond motifs is 3. The zero-order valence-electron chi connectivity index (χ0n) is 40.5. The normalized spacial score (nSPS) is 24.7. The van der Waals surface area contributed by atoms with Crippen LogP contribution in [0.4, 0.5) is 0 Å². The van der Waals surface area contributed by atoms with Crippen LogP contribution in [0.15, 0.2) is 59.5 Å². The van der Waals surface area contributed by atoms with Crippen molar-refractivity contribution in [2.75, 3.05) is 13.1 Å². The Balaban J connectivity index is 0.885. The Bertz CT molecular complexity index is 2970. The summed E-state index contributed by atoms with van der Waals surface area (Å²) in [4.78, 5) is 133. The highest BCUT2D eigenvalue weighted by Crippen LogP contribution is 2.40. The zero-order chi connectivity index (χ0) is 51.2. The highest BCUT2D eigenvalue weighted by Gasteiger charge is 2.48.